The second-order valence-electron chi connectivity index (χ2n) is 6.87. The highest BCUT2D eigenvalue weighted by molar-refractivity contribution is 6.22. The molecule has 2 unspecified atom stereocenters. The van der Waals surface area contributed by atoms with Gasteiger partial charge in [0.1, 0.15) is 0 Å². The molecule has 2 nitrogen and oxygen atoms in total. The average molecular weight is 318 g/mol. The fraction of sp³-hybridized carbons (Fsp3) is 0.318. The largest absolute Gasteiger partial charge is 0.377 e. The summed E-state index contributed by atoms with van der Waals surface area (Å²) in [6.07, 6.45) is 7.51. The van der Waals surface area contributed by atoms with Crippen LogP contribution in [-0.4, -0.2) is 19.0 Å². The lowest BCUT2D eigenvalue weighted by Crippen LogP contribution is -2.14. The number of carbonyl (C=O) groups excluding carboxylic acids is 1. The highest BCUT2D eigenvalue weighted by Crippen LogP contribution is 2.43. The summed E-state index contributed by atoms with van der Waals surface area (Å²) in [5.41, 5.74) is 2.69. The lowest BCUT2D eigenvalue weighted by atomic mass is 9.88. The molecule has 0 radical (unpaired) electrons. The van der Waals surface area contributed by atoms with Gasteiger partial charge in [-0.1, -0.05) is 42.5 Å². The van der Waals surface area contributed by atoms with E-state index < -0.39 is 0 Å². The number of rotatable bonds is 7. The van der Waals surface area contributed by atoms with Crippen LogP contribution in [0.5, 0.6) is 0 Å². The quantitative estimate of drug-likeness (QED) is 0.528. The summed E-state index contributed by atoms with van der Waals surface area (Å²) in [6, 6.07) is 12.1. The molecule has 0 N–H and O–H groups in total. The predicted molar refractivity (Wildman–Crippen MR) is 98.1 cm³/mol. The first kappa shape index (κ1) is 15.3. The second-order valence-corrected chi connectivity index (χ2v) is 6.87. The van der Waals surface area contributed by atoms with Crippen molar-refractivity contribution >= 4 is 22.6 Å². The zero-order valence-corrected chi connectivity index (χ0v) is 13.8. The highest BCUT2D eigenvalue weighted by atomic mass is 16.5. The van der Waals surface area contributed by atoms with E-state index in [1.807, 2.05) is 30.4 Å². The third kappa shape index (κ3) is 2.83. The summed E-state index contributed by atoms with van der Waals surface area (Å²) < 4.78 is 5.82. The van der Waals surface area contributed by atoms with Gasteiger partial charge in [0, 0.05) is 23.1 Å². The maximum atomic E-state index is 12.7. The van der Waals surface area contributed by atoms with E-state index in [4.69, 9.17) is 4.74 Å². The van der Waals surface area contributed by atoms with Crippen molar-refractivity contribution in [2.24, 2.45) is 11.8 Å². The zero-order valence-electron chi connectivity index (χ0n) is 13.8. The molecule has 0 amide bonds. The van der Waals surface area contributed by atoms with Crippen molar-refractivity contribution in [2.75, 3.05) is 13.2 Å². The monoisotopic (exact) mass is 318 g/mol. The number of Topliss-reactive ketones (excluding diaryl/α,β-unsaturated/α-hetero) is 1. The molecule has 1 saturated carbocycles. The van der Waals surface area contributed by atoms with Crippen molar-refractivity contribution in [1.82, 2.24) is 0 Å². The van der Waals surface area contributed by atoms with Gasteiger partial charge in [-0.25, -0.2) is 0 Å². The zero-order chi connectivity index (χ0) is 16.5. The van der Waals surface area contributed by atoms with Crippen LogP contribution >= 0.6 is 0 Å². The van der Waals surface area contributed by atoms with Crippen LogP contribution in [-0.2, 0) is 4.74 Å². The minimum atomic E-state index is 0.107. The fourth-order valence-corrected chi connectivity index (χ4v) is 3.80. The van der Waals surface area contributed by atoms with Crippen LogP contribution < -0.4 is 0 Å². The standard InChI is InChI=1S/C22H22O2/c1-2-5-16-12-17(16)10-11-24-14-19-13-18-8-3-6-15-7-4-9-20(21(15)18)22(19)23/h2-4,6-9,13,16-17H,1,5,10-12,14H2. The minimum Gasteiger partial charge on any atom is -0.377 e. The molecule has 0 heterocycles. The molecular formula is C22H22O2. The molecular weight excluding hydrogens is 296 g/mol. The molecule has 122 valence electrons. The van der Waals surface area contributed by atoms with E-state index >= 15 is 0 Å². The molecule has 0 aliphatic heterocycles. The molecule has 0 spiro atoms. The number of benzene rings is 2. The van der Waals surface area contributed by atoms with E-state index in [2.05, 4.69) is 24.8 Å². The lowest BCUT2D eigenvalue weighted by molar-refractivity contribution is 0.0980. The van der Waals surface area contributed by atoms with E-state index in [0.717, 1.165) is 58.8 Å². The van der Waals surface area contributed by atoms with Crippen molar-refractivity contribution < 1.29 is 9.53 Å². The van der Waals surface area contributed by atoms with Crippen LogP contribution in [0.4, 0.5) is 0 Å². The summed E-state index contributed by atoms with van der Waals surface area (Å²) in [5, 5.41) is 2.19. The summed E-state index contributed by atoms with van der Waals surface area (Å²) in [4.78, 5) is 12.7. The number of ketones is 1. The van der Waals surface area contributed by atoms with Gasteiger partial charge in [-0.05, 0) is 48.1 Å². The van der Waals surface area contributed by atoms with Gasteiger partial charge in [0.05, 0.1) is 6.61 Å². The van der Waals surface area contributed by atoms with Gasteiger partial charge in [-0.3, -0.25) is 4.79 Å². The Morgan fingerprint density at radius 1 is 1.17 bits per heavy atom. The Morgan fingerprint density at radius 3 is 2.83 bits per heavy atom. The Morgan fingerprint density at radius 2 is 2.00 bits per heavy atom. The topological polar surface area (TPSA) is 26.3 Å². The van der Waals surface area contributed by atoms with E-state index in [1.54, 1.807) is 0 Å². The Labute approximate surface area is 142 Å². The number of carbonyl (C=O) groups is 1. The third-order valence-electron chi connectivity index (χ3n) is 5.23. The van der Waals surface area contributed by atoms with Gasteiger partial charge in [0.15, 0.2) is 5.78 Å². The van der Waals surface area contributed by atoms with E-state index in [-0.39, 0.29) is 5.78 Å². The first-order valence-corrected chi connectivity index (χ1v) is 8.73. The molecule has 2 aliphatic carbocycles. The molecule has 1 fully saturated rings. The SMILES string of the molecule is C=CCC1CC1CCOCC1=Cc2cccc3cccc(c23)C1=O. The van der Waals surface area contributed by atoms with Crippen molar-refractivity contribution in [3.05, 3.63) is 65.8 Å². The van der Waals surface area contributed by atoms with Crippen LogP contribution in [0.25, 0.3) is 16.8 Å². The van der Waals surface area contributed by atoms with Crippen molar-refractivity contribution in [2.45, 2.75) is 19.3 Å². The van der Waals surface area contributed by atoms with Gasteiger partial charge in [-0.15, -0.1) is 6.58 Å². The van der Waals surface area contributed by atoms with Crippen LogP contribution in [0.3, 0.4) is 0 Å². The number of hydrogen-bond donors (Lipinski definition) is 0. The van der Waals surface area contributed by atoms with Gasteiger partial charge >= 0.3 is 0 Å². The van der Waals surface area contributed by atoms with Gasteiger partial charge in [0.2, 0.25) is 0 Å². The molecule has 2 aromatic rings. The first-order chi connectivity index (χ1) is 11.8. The molecule has 2 aromatic carbocycles. The van der Waals surface area contributed by atoms with Crippen molar-refractivity contribution in [3.63, 3.8) is 0 Å². The summed E-state index contributed by atoms with van der Waals surface area (Å²) in [6.45, 7) is 4.94. The Bertz CT molecular complexity index is 826. The predicted octanol–water partition coefficient (Wildman–Crippen LogP) is 5.04. The van der Waals surface area contributed by atoms with E-state index in [1.165, 1.54) is 6.42 Å². The van der Waals surface area contributed by atoms with Crippen LogP contribution in [0.15, 0.2) is 54.6 Å². The molecule has 2 aliphatic rings. The Balaban J connectivity index is 1.41. The number of ether oxygens (including phenoxy) is 1. The summed E-state index contributed by atoms with van der Waals surface area (Å²) in [7, 11) is 0. The molecule has 0 bridgehead atoms. The van der Waals surface area contributed by atoms with E-state index in [0.29, 0.717) is 6.61 Å². The first-order valence-electron chi connectivity index (χ1n) is 8.73. The average Bonchev–Trinajstić information content (AvgIpc) is 3.34. The molecule has 2 heteroatoms. The van der Waals surface area contributed by atoms with Crippen LogP contribution in [0.1, 0.15) is 35.2 Å². The Hall–Kier alpha value is -2.19. The molecule has 0 saturated heterocycles. The third-order valence-corrected chi connectivity index (χ3v) is 5.23. The smallest absolute Gasteiger partial charge is 0.192 e. The minimum absolute atomic E-state index is 0.107. The lowest BCUT2D eigenvalue weighted by Gasteiger charge is -2.17. The summed E-state index contributed by atoms with van der Waals surface area (Å²) in [5.74, 6) is 1.70. The molecule has 0 aromatic heterocycles. The van der Waals surface area contributed by atoms with Crippen molar-refractivity contribution in [3.8, 4) is 0 Å². The van der Waals surface area contributed by atoms with Crippen LogP contribution in [0, 0.1) is 11.8 Å². The number of allylic oxidation sites excluding steroid dienone is 1. The molecule has 24 heavy (non-hydrogen) atoms. The summed E-state index contributed by atoms with van der Waals surface area (Å²) >= 11 is 0. The molecule has 4 rings (SSSR count). The number of hydrogen-bond acceptors (Lipinski definition) is 2. The normalized spacial score (nSPS) is 21.7. The van der Waals surface area contributed by atoms with Crippen molar-refractivity contribution in [1.29, 1.82) is 0 Å². The van der Waals surface area contributed by atoms with Gasteiger partial charge in [0.25, 0.3) is 0 Å². The van der Waals surface area contributed by atoms with Gasteiger partial charge in [-0.2, -0.15) is 0 Å². The highest BCUT2D eigenvalue weighted by Gasteiger charge is 2.34. The second kappa shape index (κ2) is 6.37. The Kier molecular flexibility index (Phi) is 4.07. The fourth-order valence-electron chi connectivity index (χ4n) is 3.80. The maximum absolute atomic E-state index is 12.7. The molecule has 2 atom stereocenters. The van der Waals surface area contributed by atoms with E-state index in [9.17, 15) is 4.79 Å². The van der Waals surface area contributed by atoms with Gasteiger partial charge < -0.3 is 4.74 Å². The maximum Gasteiger partial charge on any atom is 0.192 e. The van der Waals surface area contributed by atoms with Crippen LogP contribution in [0.2, 0.25) is 0 Å².